The molecule has 0 aliphatic rings. The quantitative estimate of drug-likeness (QED) is 0.412. The fourth-order valence-corrected chi connectivity index (χ4v) is 1.88. The number of aryl methyl sites for hydroxylation is 1. The molecule has 0 aliphatic heterocycles. The summed E-state index contributed by atoms with van der Waals surface area (Å²) < 4.78 is 46.0. The zero-order valence-corrected chi connectivity index (χ0v) is 13.6. The molecule has 0 bridgehead atoms. The van der Waals surface area contributed by atoms with Crippen molar-refractivity contribution in [3.05, 3.63) is 39.2 Å². The van der Waals surface area contributed by atoms with E-state index in [9.17, 15) is 27.6 Å². The fourth-order valence-electron chi connectivity index (χ4n) is 1.88. The number of hydrogen-bond donors (Lipinski definition) is 1. The zero-order chi connectivity index (χ0) is 19.0. The third-order valence-corrected chi connectivity index (χ3v) is 3.08. The summed E-state index contributed by atoms with van der Waals surface area (Å²) in [4.78, 5) is 35.8. The Morgan fingerprint density at radius 3 is 2.48 bits per heavy atom. The minimum atomic E-state index is -5.02. The van der Waals surface area contributed by atoms with Crippen molar-refractivity contribution < 1.29 is 27.4 Å². The number of rotatable bonds is 9. The number of aromatic nitrogens is 2. The lowest BCUT2D eigenvalue weighted by molar-refractivity contribution is -0.275. The van der Waals surface area contributed by atoms with Gasteiger partial charge in [0.1, 0.15) is 0 Å². The molecule has 0 saturated carbocycles. The average Bonchev–Trinajstić information content (AvgIpc) is 2.48. The van der Waals surface area contributed by atoms with E-state index in [0.29, 0.717) is 31.3 Å². The van der Waals surface area contributed by atoms with Crippen LogP contribution in [0.4, 0.5) is 13.2 Å². The van der Waals surface area contributed by atoms with E-state index in [-0.39, 0.29) is 13.2 Å². The number of hydrogen-bond acceptors (Lipinski definition) is 5. The maximum Gasteiger partial charge on any atom is 0.573 e. The SMILES string of the molecule is C=C(C)C(=O)OCCCCCCn1cc(OC(F)(F)F)c(=O)[nH]c1=O. The lowest BCUT2D eigenvalue weighted by atomic mass is 10.2. The van der Waals surface area contributed by atoms with Crippen LogP contribution >= 0.6 is 0 Å². The molecular weight excluding hydrogens is 345 g/mol. The van der Waals surface area contributed by atoms with E-state index in [1.54, 1.807) is 11.9 Å². The van der Waals surface area contributed by atoms with Crippen LogP contribution < -0.4 is 16.0 Å². The molecule has 0 unspecified atom stereocenters. The van der Waals surface area contributed by atoms with Gasteiger partial charge < -0.3 is 9.47 Å². The molecule has 0 aromatic carbocycles. The maximum absolute atomic E-state index is 12.2. The molecule has 1 aromatic rings. The molecule has 1 aromatic heterocycles. The molecule has 25 heavy (non-hydrogen) atoms. The number of carbonyl (C=O) groups is 1. The topological polar surface area (TPSA) is 90.4 Å². The van der Waals surface area contributed by atoms with Crippen LogP contribution in [0.15, 0.2) is 27.9 Å². The summed E-state index contributed by atoms with van der Waals surface area (Å²) in [6.07, 6.45) is -1.81. The van der Waals surface area contributed by atoms with Crippen molar-refractivity contribution in [3.63, 3.8) is 0 Å². The van der Waals surface area contributed by atoms with Crippen molar-refractivity contribution in [3.8, 4) is 5.75 Å². The van der Waals surface area contributed by atoms with E-state index in [1.807, 2.05) is 0 Å². The number of ether oxygens (including phenoxy) is 2. The van der Waals surface area contributed by atoms with Gasteiger partial charge in [0.2, 0.25) is 5.75 Å². The van der Waals surface area contributed by atoms with Gasteiger partial charge in [0.25, 0.3) is 5.56 Å². The highest BCUT2D eigenvalue weighted by molar-refractivity contribution is 5.86. The lowest BCUT2D eigenvalue weighted by Gasteiger charge is -2.10. The van der Waals surface area contributed by atoms with Gasteiger partial charge in [-0.05, 0) is 26.2 Å². The van der Waals surface area contributed by atoms with Crippen molar-refractivity contribution >= 4 is 5.97 Å². The molecule has 0 radical (unpaired) electrons. The first-order chi connectivity index (χ1) is 11.6. The van der Waals surface area contributed by atoms with Crippen LogP contribution in [0.3, 0.4) is 0 Å². The van der Waals surface area contributed by atoms with Gasteiger partial charge >= 0.3 is 18.0 Å². The summed E-state index contributed by atoms with van der Waals surface area (Å²) in [6.45, 7) is 5.35. The smallest absolute Gasteiger partial charge is 0.462 e. The number of esters is 1. The van der Waals surface area contributed by atoms with Gasteiger partial charge in [-0.15, -0.1) is 13.2 Å². The molecule has 0 amide bonds. The molecule has 140 valence electrons. The highest BCUT2D eigenvalue weighted by Gasteiger charge is 2.32. The number of nitrogens with one attached hydrogen (secondary N) is 1. The van der Waals surface area contributed by atoms with E-state index in [4.69, 9.17) is 4.74 Å². The van der Waals surface area contributed by atoms with Crippen molar-refractivity contribution in [1.82, 2.24) is 9.55 Å². The van der Waals surface area contributed by atoms with E-state index in [2.05, 4.69) is 11.3 Å². The Morgan fingerprint density at radius 1 is 1.24 bits per heavy atom. The van der Waals surface area contributed by atoms with Crippen molar-refractivity contribution in [1.29, 1.82) is 0 Å². The highest BCUT2D eigenvalue weighted by atomic mass is 19.4. The van der Waals surface area contributed by atoms with E-state index in [1.165, 1.54) is 0 Å². The minimum absolute atomic E-state index is 0.120. The van der Waals surface area contributed by atoms with Crippen LogP contribution in [0, 0.1) is 0 Å². The molecule has 0 fully saturated rings. The lowest BCUT2D eigenvalue weighted by Crippen LogP contribution is -2.32. The van der Waals surface area contributed by atoms with Gasteiger partial charge in [-0.25, -0.2) is 9.59 Å². The second kappa shape index (κ2) is 9.09. The first kappa shape index (κ1) is 20.5. The molecule has 1 N–H and O–H groups in total. The molecule has 0 saturated heterocycles. The summed E-state index contributed by atoms with van der Waals surface area (Å²) in [6, 6.07) is 0. The van der Waals surface area contributed by atoms with Crippen molar-refractivity contribution in [2.75, 3.05) is 6.61 Å². The summed E-state index contributed by atoms with van der Waals surface area (Å²) in [7, 11) is 0. The summed E-state index contributed by atoms with van der Waals surface area (Å²) in [5.41, 5.74) is -1.73. The Balaban J connectivity index is 2.43. The zero-order valence-electron chi connectivity index (χ0n) is 13.6. The highest BCUT2D eigenvalue weighted by Crippen LogP contribution is 2.18. The van der Waals surface area contributed by atoms with Crippen LogP contribution in [0.5, 0.6) is 5.75 Å². The van der Waals surface area contributed by atoms with Crippen LogP contribution in [0.25, 0.3) is 0 Å². The number of halogens is 3. The van der Waals surface area contributed by atoms with Crippen molar-refractivity contribution in [2.24, 2.45) is 0 Å². The first-order valence-corrected chi connectivity index (χ1v) is 7.52. The number of H-pyrrole nitrogens is 1. The van der Waals surface area contributed by atoms with Gasteiger partial charge in [0.15, 0.2) is 0 Å². The third kappa shape index (κ3) is 7.73. The Bertz CT molecular complexity index is 721. The van der Waals surface area contributed by atoms with Crippen LogP contribution in [-0.2, 0) is 16.1 Å². The van der Waals surface area contributed by atoms with E-state index >= 15 is 0 Å². The minimum Gasteiger partial charge on any atom is -0.462 e. The molecule has 7 nitrogen and oxygen atoms in total. The number of nitrogens with zero attached hydrogens (tertiary/aromatic N) is 1. The van der Waals surface area contributed by atoms with E-state index < -0.39 is 29.3 Å². The second-order valence-electron chi connectivity index (χ2n) is 5.32. The largest absolute Gasteiger partial charge is 0.573 e. The molecule has 0 spiro atoms. The predicted octanol–water partition coefficient (Wildman–Crippen LogP) is 2.11. The summed E-state index contributed by atoms with van der Waals surface area (Å²) >= 11 is 0. The average molecular weight is 364 g/mol. The maximum atomic E-state index is 12.2. The first-order valence-electron chi connectivity index (χ1n) is 7.52. The standard InChI is InChI=1S/C15H19F3N2O5/c1-10(2)13(22)24-8-6-4-3-5-7-20-9-11(25-15(16,17)18)12(21)19-14(20)23/h9H,1,3-8H2,2H3,(H,19,21,23). The molecule has 1 rings (SSSR count). The Morgan fingerprint density at radius 2 is 1.88 bits per heavy atom. The molecule has 0 atom stereocenters. The van der Waals surface area contributed by atoms with Crippen LogP contribution in [0.2, 0.25) is 0 Å². The van der Waals surface area contributed by atoms with Gasteiger partial charge in [-0.2, -0.15) is 0 Å². The van der Waals surface area contributed by atoms with Gasteiger partial charge in [-0.1, -0.05) is 13.0 Å². The fraction of sp³-hybridized carbons (Fsp3) is 0.533. The Labute approximate surface area is 141 Å². The number of unbranched alkanes of at least 4 members (excludes halogenated alkanes) is 3. The van der Waals surface area contributed by atoms with Crippen molar-refractivity contribution in [2.45, 2.75) is 45.5 Å². The van der Waals surface area contributed by atoms with Gasteiger partial charge in [-0.3, -0.25) is 14.3 Å². The Kier molecular flexibility index (Phi) is 7.46. The number of carbonyl (C=O) groups excluding carboxylic acids is 1. The monoisotopic (exact) mass is 364 g/mol. The number of aromatic amines is 1. The van der Waals surface area contributed by atoms with E-state index in [0.717, 1.165) is 10.8 Å². The predicted molar refractivity (Wildman–Crippen MR) is 82.2 cm³/mol. The van der Waals surface area contributed by atoms with Crippen LogP contribution in [-0.4, -0.2) is 28.5 Å². The normalized spacial score (nSPS) is 11.2. The second-order valence-corrected chi connectivity index (χ2v) is 5.32. The van der Waals surface area contributed by atoms with Gasteiger partial charge in [0, 0.05) is 12.1 Å². The summed E-state index contributed by atoms with van der Waals surface area (Å²) in [5.74, 6) is -1.45. The third-order valence-electron chi connectivity index (χ3n) is 3.08. The Hall–Kier alpha value is -2.52. The molecular formula is C15H19F3N2O5. The number of alkyl halides is 3. The summed E-state index contributed by atoms with van der Waals surface area (Å²) in [5, 5.41) is 0. The molecule has 10 heteroatoms. The van der Waals surface area contributed by atoms with Gasteiger partial charge in [0.05, 0.1) is 12.8 Å². The molecule has 0 aliphatic carbocycles. The molecule has 1 heterocycles. The van der Waals surface area contributed by atoms with Crippen LogP contribution in [0.1, 0.15) is 32.6 Å².